The Bertz CT molecular complexity index is 718. The molecular formula is C17H24N6O. The molecule has 0 unspecified atom stereocenters. The van der Waals surface area contributed by atoms with Crippen LogP contribution < -0.4 is 10.2 Å². The van der Waals surface area contributed by atoms with Crippen molar-refractivity contribution in [3.05, 3.63) is 29.7 Å². The minimum absolute atomic E-state index is 0.236. The van der Waals surface area contributed by atoms with Crippen LogP contribution in [0.15, 0.2) is 18.3 Å². The summed E-state index contributed by atoms with van der Waals surface area (Å²) in [7, 11) is 0. The van der Waals surface area contributed by atoms with Crippen LogP contribution in [0.2, 0.25) is 0 Å². The lowest BCUT2D eigenvalue weighted by atomic mass is 10.1. The van der Waals surface area contributed by atoms with Gasteiger partial charge < -0.3 is 10.2 Å². The predicted molar refractivity (Wildman–Crippen MR) is 93.4 cm³/mol. The summed E-state index contributed by atoms with van der Waals surface area (Å²) in [4.78, 5) is 23.9. The number of aromatic nitrogens is 4. The quantitative estimate of drug-likeness (QED) is 0.913. The standard InChI is InChI=1S/C17H24N6O/c1-4-23-10-7-15(21-23)20-16(24)14-11-13(12(2)3)18-17(19-14)22-8-5-6-9-22/h7,10-12H,4-6,8-9H2,1-3H3,(H,20,21,24). The fourth-order valence-electron chi connectivity index (χ4n) is 2.71. The maximum Gasteiger partial charge on any atom is 0.275 e. The van der Waals surface area contributed by atoms with Crippen LogP contribution in [0.25, 0.3) is 0 Å². The van der Waals surface area contributed by atoms with Gasteiger partial charge in [-0.25, -0.2) is 9.97 Å². The van der Waals surface area contributed by atoms with E-state index in [0.29, 0.717) is 17.5 Å². The second kappa shape index (κ2) is 6.98. The number of hydrogen-bond acceptors (Lipinski definition) is 5. The highest BCUT2D eigenvalue weighted by molar-refractivity contribution is 6.02. The van der Waals surface area contributed by atoms with Crippen LogP contribution in [0.5, 0.6) is 0 Å². The van der Waals surface area contributed by atoms with Gasteiger partial charge in [0, 0.05) is 37.6 Å². The van der Waals surface area contributed by atoms with Gasteiger partial charge in [0.25, 0.3) is 5.91 Å². The third-order valence-corrected chi connectivity index (χ3v) is 4.15. The minimum Gasteiger partial charge on any atom is -0.341 e. The van der Waals surface area contributed by atoms with Crippen LogP contribution in [0.4, 0.5) is 11.8 Å². The molecule has 7 nitrogen and oxygen atoms in total. The summed E-state index contributed by atoms with van der Waals surface area (Å²) in [6.07, 6.45) is 4.13. The van der Waals surface area contributed by atoms with Crippen molar-refractivity contribution in [2.75, 3.05) is 23.3 Å². The molecule has 2 aromatic rings. The van der Waals surface area contributed by atoms with Crippen molar-refractivity contribution in [2.24, 2.45) is 0 Å². The van der Waals surface area contributed by atoms with Crippen LogP contribution in [0, 0.1) is 0 Å². The Balaban J connectivity index is 1.86. The zero-order valence-corrected chi connectivity index (χ0v) is 14.5. The molecule has 0 bridgehead atoms. The first-order valence-corrected chi connectivity index (χ1v) is 8.55. The SMILES string of the molecule is CCn1ccc(NC(=O)c2cc(C(C)C)nc(N3CCCC3)n2)n1. The highest BCUT2D eigenvalue weighted by Crippen LogP contribution is 2.21. The van der Waals surface area contributed by atoms with Gasteiger partial charge in [-0.1, -0.05) is 13.8 Å². The third-order valence-electron chi connectivity index (χ3n) is 4.15. The van der Waals surface area contributed by atoms with Crippen molar-refractivity contribution in [2.45, 2.75) is 46.1 Å². The number of anilines is 2. The number of carbonyl (C=O) groups is 1. The molecule has 0 aromatic carbocycles. The van der Waals surface area contributed by atoms with E-state index in [0.717, 1.165) is 38.2 Å². The number of aryl methyl sites for hydroxylation is 1. The van der Waals surface area contributed by atoms with E-state index in [4.69, 9.17) is 0 Å². The largest absolute Gasteiger partial charge is 0.341 e. The van der Waals surface area contributed by atoms with Crippen molar-refractivity contribution in [1.29, 1.82) is 0 Å². The second-order valence-electron chi connectivity index (χ2n) is 6.34. The summed E-state index contributed by atoms with van der Waals surface area (Å²) in [5.74, 6) is 1.18. The third kappa shape index (κ3) is 3.55. The fraction of sp³-hybridized carbons (Fsp3) is 0.529. The fourth-order valence-corrected chi connectivity index (χ4v) is 2.71. The molecule has 1 N–H and O–H groups in total. The molecule has 1 aliphatic heterocycles. The molecule has 1 amide bonds. The van der Waals surface area contributed by atoms with E-state index in [9.17, 15) is 4.79 Å². The molecule has 0 aliphatic carbocycles. The number of rotatable bonds is 5. The van der Waals surface area contributed by atoms with Gasteiger partial charge in [-0.3, -0.25) is 9.48 Å². The summed E-state index contributed by atoms with van der Waals surface area (Å²) in [5.41, 5.74) is 1.28. The zero-order valence-electron chi connectivity index (χ0n) is 14.5. The van der Waals surface area contributed by atoms with Crippen molar-refractivity contribution in [1.82, 2.24) is 19.7 Å². The summed E-state index contributed by atoms with van der Waals surface area (Å²) in [6.45, 7) is 8.80. The minimum atomic E-state index is -0.249. The van der Waals surface area contributed by atoms with Gasteiger partial charge in [-0.05, 0) is 31.7 Å². The van der Waals surface area contributed by atoms with Gasteiger partial charge in [0.15, 0.2) is 5.82 Å². The van der Waals surface area contributed by atoms with Gasteiger partial charge in [0.2, 0.25) is 5.95 Å². The first-order valence-electron chi connectivity index (χ1n) is 8.55. The zero-order chi connectivity index (χ0) is 17.1. The van der Waals surface area contributed by atoms with Crippen LogP contribution in [0.3, 0.4) is 0 Å². The lowest BCUT2D eigenvalue weighted by molar-refractivity contribution is 0.102. The first-order chi connectivity index (χ1) is 11.6. The van der Waals surface area contributed by atoms with Gasteiger partial charge in [-0.2, -0.15) is 5.10 Å². The number of nitrogens with zero attached hydrogens (tertiary/aromatic N) is 5. The highest BCUT2D eigenvalue weighted by atomic mass is 16.2. The topological polar surface area (TPSA) is 75.9 Å². The molecule has 24 heavy (non-hydrogen) atoms. The monoisotopic (exact) mass is 328 g/mol. The maximum absolute atomic E-state index is 12.6. The van der Waals surface area contributed by atoms with Crippen molar-refractivity contribution < 1.29 is 4.79 Å². The van der Waals surface area contributed by atoms with Crippen molar-refractivity contribution in [3.63, 3.8) is 0 Å². The van der Waals surface area contributed by atoms with E-state index in [1.54, 1.807) is 16.8 Å². The molecular weight excluding hydrogens is 304 g/mol. The average molecular weight is 328 g/mol. The van der Waals surface area contributed by atoms with E-state index in [2.05, 4.69) is 39.1 Å². The maximum atomic E-state index is 12.6. The molecule has 3 rings (SSSR count). The lowest BCUT2D eigenvalue weighted by Crippen LogP contribution is -2.24. The smallest absolute Gasteiger partial charge is 0.275 e. The Morgan fingerprint density at radius 1 is 1.29 bits per heavy atom. The van der Waals surface area contributed by atoms with E-state index in [1.165, 1.54) is 0 Å². The molecule has 0 atom stereocenters. The van der Waals surface area contributed by atoms with Crippen LogP contribution in [-0.4, -0.2) is 38.7 Å². The highest BCUT2D eigenvalue weighted by Gasteiger charge is 2.20. The van der Waals surface area contributed by atoms with Gasteiger partial charge in [0.1, 0.15) is 5.69 Å². The van der Waals surface area contributed by atoms with Crippen molar-refractivity contribution in [3.8, 4) is 0 Å². The molecule has 1 fully saturated rings. The molecule has 2 aromatic heterocycles. The number of hydrogen-bond donors (Lipinski definition) is 1. The summed E-state index contributed by atoms with van der Waals surface area (Å²) in [5, 5.41) is 7.10. The Hall–Kier alpha value is -2.44. The Kier molecular flexibility index (Phi) is 4.78. The van der Waals surface area contributed by atoms with E-state index >= 15 is 0 Å². The number of carbonyl (C=O) groups excluding carboxylic acids is 1. The lowest BCUT2D eigenvalue weighted by Gasteiger charge is -2.18. The molecule has 0 saturated carbocycles. The molecule has 0 radical (unpaired) electrons. The van der Waals surface area contributed by atoms with Crippen LogP contribution in [-0.2, 0) is 6.54 Å². The Morgan fingerprint density at radius 2 is 2.04 bits per heavy atom. The Morgan fingerprint density at radius 3 is 2.67 bits per heavy atom. The molecule has 128 valence electrons. The number of nitrogens with one attached hydrogen (secondary N) is 1. The number of amides is 1. The first kappa shape index (κ1) is 16.4. The van der Waals surface area contributed by atoms with E-state index in [1.807, 2.05) is 13.1 Å². The molecule has 7 heteroatoms. The summed E-state index contributed by atoms with van der Waals surface area (Å²) >= 11 is 0. The predicted octanol–water partition coefficient (Wildman–Crippen LogP) is 2.67. The normalized spacial score (nSPS) is 14.4. The van der Waals surface area contributed by atoms with E-state index < -0.39 is 0 Å². The van der Waals surface area contributed by atoms with Gasteiger partial charge in [-0.15, -0.1) is 0 Å². The molecule has 3 heterocycles. The second-order valence-corrected chi connectivity index (χ2v) is 6.34. The molecule has 1 aliphatic rings. The van der Waals surface area contributed by atoms with Gasteiger partial charge >= 0.3 is 0 Å². The van der Waals surface area contributed by atoms with E-state index in [-0.39, 0.29) is 11.8 Å². The molecule has 1 saturated heterocycles. The van der Waals surface area contributed by atoms with Gasteiger partial charge in [0.05, 0.1) is 0 Å². The van der Waals surface area contributed by atoms with Crippen LogP contribution >= 0.6 is 0 Å². The van der Waals surface area contributed by atoms with Crippen LogP contribution in [0.1, 0.15) is 55.7 Å². The van der Waals surface area contributed by atoms with Crippen molar-refractivity contribution >= 4 is 17.7 Å². The molecule has 0 spiro atoms. The average Bonchev–Trinajstić information content (AvgIpc) is 3.26. The Labute approximate surface area is 142 Å². The summed E-state index contributed by atoms with van der Waals surface area (Å²) < 4.78 is 1.77. The summed E-state index contributed by atoms with van der Waals surface area (Å²) in [6, 6.07) is 3.56.